The van der Waals surface area contributed by atoms with Crippen molar-refractivity contribution < 1.29 is 9.50 Å². The van der Waals surface area contributed by atoms with E-state index in [1.54, 1.807) is 23.5 Å². The van der Waals surface area contributed by atoms with Crippen molar-refractivity contribution in [2.45, 2.75) is 38.8 Å². The lowest BCUT2D eigenvalue weighted by molar-refractivity contribution is 0.174. The minimum Gasteiger partial charge on any atom is -0.387 e. The van der Waals surface area contributed by atoms with Gasteiger partial charge < -0.3 is 10.4 Å². The number of nitrogens with one attached hydrogen (secondary N) is 1. The monoisotopic (exact) mass is 308 g/mol. The predicted octanol–water partition coefficient (Wildman–Crippen LogP) is 3.40. The first kappa shape index (κ1) is 16.1. The molecule has 0 amide bonds. The first-order valence-corrected chi connectivity index (χ1v) is 7.83. The van der Waals surface area contributed by atoms with E-state index >= 15 is 0 Å². The SMILES string of the molecule is CC(C)(C)c1nc(CNCC(O)c2ccc(F)cc2)cs1. The molecule has 2 rings (SSSR count). The van der Waals surface area contributed by atoms with Crippen molar-refractivity contribution in [2.24, 2.45) is 0 Å². The lowest BCUT2D eigenvalue weighted by atomic mass is 9.98. The van der Waals surface area contributed by atoms with Gasteiger partial charge in [0.2, 0.25) is 0 Å². The zero-order valence-electron chi connectivity index (χ0n) is 12.6. The molecule has 2 aromatic rings. The van der Waals surface area contributed by atoms with E-state index < -0.39 is 6.10 Å². The highest BCUT2D eigenvalue weighted by Gasteiger charge is 2.17. The smallest absolute Gasteiger partial charge is 0.123 e. The third kappa shape index (κ3) is 4.59. The third-order valence-corrected chi connectivity index (χ3v) is 4.41. The van der Waals surface area contributed by atoms with Crippen LogP contribution in [0, 0.1) is 5.82 Å². The van der Waals surface area contributed by atoms with Crippen molar-refractivity contribution in [3.8, 4) is 0 Å². The Labute approximate surface area is 128 Å². The summed E-state index contributed by atoms with van der Waals surface area (Å²) in [5.41, 5.74) is 1.75. The topological polar surface area (TPSA) is 45.2 Å². The van der Waals surface area contributed by atoms with Gasteiger partial charge in [-0.15, -0.1) is 11.3 Å². The molecule has 0 aliphatic heterocycles. The molecule has 114 valence electrons. The number of aliphatic hydroxyl groups excluding tert-OH is 1. The Bertz CT molecular complexity index is 575. The van der Waals surface area contributed by atoms with Crippen LogP contribution in [0.1, 0.15) is 43.1 Å². The fourth-order valence-corrected chi connectivity index (χ4v) is 2.78. The van der Waals surface area contributed by atoms with Crippen LogP contribution in [0.25, 0.3) is 0 Å². The van der Waals surface area contributed by atoms with E-state index in [1.807, 2.05) is 5.38 Å². The Kier molecular flexibility index (Phi) is 5.08. The Morgan fingerprint density at radius 3 is 2.52 bits per heavy atom. The number of hydrogen-bond acceptors (Lipinski definition) is 4. The molecule has 0 bridgehead atoms. The summed E-state index contributed by atoms with van der Waals surface area (Å²) in [6.45, 7) is 7.45. The highest BCUT2D eigenvalue weighted by molar-refractivity contribution is 7.09. The summed E-state index contributed by atoms with van der Waals surface area (Å²) >= 11 is 1.66. The van der Waals surface area contributed by atoms with Gasteiger partial charge in [0.15, 0.2) is 0 Å². The molecule has 1 unspecified atom stereocenters. The number of aromatic nitrogens is 1. The highest BCUT2D eigenvalue weighted by atomic mass is 32.1. The molecule has 1 heterocycles. The molecule has 0 aliphatic rings. The molecule has 3 nitrogen and oxygen atoms in total. The van der Waals surface area contributed by atoms with Crippen LogP contribution >= 0.6 is 11.3 Å². The quantitative estimate of drug-likeness (QED) is 0.890. The second-order valence-corrected chi connectivity index (χ2v) is 6.95. The number of halogens is 1. The summed E-state index contributed by atoms with van der Waals surface area (Å²) in [7, 11) is 0. The maximum Gasteiger partial charge on any atom is 0.123 e. The lowest BCUT2D eigenvalue weighted by Crippen LogP contribution is -2.21. The van der Waals surface area contributed by atoms with Crippen molar-refractivity contribution in [2.75, 3.05) is 6.54 Å². The predicted molar refractivity (Wildman–Crippen MR) is 83.9 cm³/mol. The minimum atomic E-state index is -0.647. The van der Waals surface area contributed by atoms with Crippen LogP contribution in [-0.2, 0) is 12.0 Å². The van der Waals surface area contributed by atoms with Crippen LogP contribution in [-0.4, -0.2) is 16.6 Å². The van der Waals surface area contributed by atoms with Crippen LogP contribution in [0.2, 0.25) is 0 Å². The summed E-state index contributed by atoms with van der Waals surface area (Å²) in [6.07, 6.45) is -0.647. The Morgan fingerprint density at radius 2 is 1.95 bits per heavy atom. The number of benzene rings is 1. The highest BCUT2D eigenvalue weighted by Crippen LogP contribution is 2.25. The maximum absolute atomic E-state index is 12.8. The number of rotatable bonds is 5. The fraction of sp³-hybridized carbons (Fsp3) is 0.438. The molecule has 0 radical (unpaired) electrons. The van der Waals surface area contributed by atoms with E-state index in [2.05, 4.69) is 31.1 Å². The first-order valence-electron chi connectivity index (χ1n) is 6.95. The second-order valence-electron chi connectivity index (χ2n) is 6.09. The standard InChI is InChI=1S/C16H21FN2OS/c1-16(2,3)15-19-13(10-21-15)8-18-9-14(20)11-4-6-12(17)7-5-11/h4-7,10,14,18,20H,8-9H2,1-3H3. The molecule has 0 fully saturated rings. The van der Waals surface area contributed by atoms with Gasteiger partial charge in [-0.3, -0.25) is 0 Å². The number of nitrogens with zero attached hydrogens (tertiary/aromatic N) is 1. The van der Waals surface area contributed by atoms with Gasteiger partial charge in [0.05, 0.1) is 16.8 Å². The summed E-state index contributed by atoms with van der Waals surface area (Å²) in [5.74, 6) is -0.295. The van der Waals surface area contributed by atoms with E-state index in [4.69, 9.17) is 0 Å². The van der Waals surface area contributed by atoms with Gasteiger partial charge in [-0.05, 0) is 17.7 Å². The second kappa shape index (κ2) is 6.64. The van der Waals surface area contributed by atoms with Gasteiger partial charge in [-0.2, -0.15) is 0 Å². The number of aliphatic hydroxyl groups is 1. The van der Waals surface area contributed by atoms with Gasteiger partial charge in [0, 0.05) is 23.9 Å². The zero-order chi connectivity index (χ0) is 15.5. The number of thiazole rings is 1. The third-order valence-electron chi connectivity index (χ3n) is 3.09. The van der Waals surface area contributed by atoms with Crippen LogP contribution in [0.4, 0.5) is 4.39 Å². The average molecular weight is 308 g/mol. The average Bonchev–Trinajstić information content (AvgIpc) is 2.88. The fourth-order valence-electron chi connectivity index (χ4n) is 1.87. The molecule has 1 aromatic heterocycles. The van der Waals surface area contributed by atoms with E-state index in [0.717, 1.165) is 10.7 Å². The molecule has 2 N–H and O–H groups in total. The van der Waals surface area contributed by atoms with Crippen LogP contribution in [0.15, 0.2) is 29.6 Å². The maximum atomic E-state index is 12.8. The first-order chi connectivity index (χ1) is 9.86. The molecular formula is C16H21FN2OS. The molecule has 5 heteroatoms. The van der Waals surface area contributed by atoms with Crippen molar-refractivity contribution in [1.29, 1.82) is 0 Å². The van der Waals surface area contributed by atoms with Crippen LogP contribution < -0.4 is 5.32 Å². The number of hydrogen-bond donors (Lipinski definition) is 2. The van der Waals surface area contributed by atoms with Crippen molar-refractivity contribution in [1.82, 2.24) is 10.3 Å². The Morgan fingerprint density at radius 1 is 1.29 bits per heavy atom. The van der Waals surface area contributed by atoms with Gasteiger partial charge in [-0.1, -0.05) is 32.9 Å². The molecule has 21 heavy (non-hydrogen) atoms. The summed E-state index contributed by atoms with van der Waals surface area (Å²) in [4.78, 5) is 4.59. The summed E-state index contributed by atoms with van der Waals surface area (Å²) < 4.78 is 12.8. The van der Waals surface area contributed by atoms with Crippen LogP contribution in [0.3, 0.4) is 0 Å². The summed E-state index contributed by atoms with van der Waals surface area (Å²) in [5, 5.41) is 16.4. The molecule has 0 aliphatic carbocycles. The van der Waals surface area contributed by atoms with Crippen molar-refractivity contribution in [3.63, 3.8) is 0 Å². The Hall–Kier alpha value is -1.30. The van der Waals surface area contributed by atoms with Gasteiger partial charge in [0.1, 0.15) is 5.82 Å². The molecule has 0 saturated heterocycles. The summed E-state index contributed by atoms with van der Waals surface area (Å²) in [6, 6.07) is 5.91. The largest absolute Gasteiger partial charge is 0.387 e. The van der Waals surface area contributed by atoms with Crippen molar-refractivity contribution >= 4 is 11.3 Å². The Balaban J connectivity index is 1.84. The minimum absolute atomic E-state index is 0.0660. The zero-order valence-corrected chi connectivity index (χ0v) is 13.4. The van der Waals surface area contributed by atoms with Gasteiger partial charge in [0.25, 0.3) is 0 Å². The lowest BCUT2D eigenvalue weighted by Gasteiger charge is -2.14. The van der Waals surface area contributed by atoms with E-state index in [0.29, 0.717) is 18.7 Å². The molecule has 1 aromatic carbocycles. The molecule has 0 spiro atoms. The van der Waals surface area contributed by atoms with E-state index in [9.17, 15) is 9.50 Å². The molecular weight excluding hydrogens is 287 g/mol. The van der Waals surface area contributed by atoms with E-state index in [1.165, 1.54) is 12.1 Å². The normalized spacial score (nSPS) is 13.4. The van der Waals surface area contributed by atoms with Gasteiger partial charge >= 0.3 is 0 Å². The van der Waals surface area contributed by atoms with E-state index in [-0.39, 0.29) is 11.2 Å². The molecule has 1 atom stereocenters. The van der Waals surface area contributed by atoms with Crippen molar-refractivity contribution in [3.05, 3.63) is 51.7 Å². The van der Waals surface area contributed by atoms with Crippen LogP contribution in [0.5, 0.6) is 0 Å². The molecule has 0 saturated carbocycles. The van der Waals surface area contributed by atoms with Gasteiger partial charge in [-0.25, -0.2) is 9.37 Å².